The number of aliphatic hydroxyl groups excluding tert-OH is 1. The van der Waals surface area contributed by atoms with Gasteiger partial charge in [0.2, 0.25) is 0 Å². The molecule has 154 valence electrons. The van der Waals surface area contributed by atoms with Crippen molar-refractivity contribution in [2.24, 2.45) is 5.92 Å². The molecule has 0 saturated carbocycles. The molecule has 0 aliphatic carbocycles. The standard InChI is InChI=1S/C25H30O3S/c1-6-19-12-16(3)11-17(4)23(19)24-21(26)13-22(28-25(24)27)18(5)14-29-20-9-7-15(2)8-10-20/h7-12,18,22,26H,6,13-14H2,1-5H3. The lowest BCUT2D eigenvalue weighted by molar-refractivity contribution is -0.145. The fraction of sp³-hybridized carbons (Fsp3) is 0.400. The van der Waals surface area contributed by atoms with Gasteiger partial charge in [0.25, 0.3) is 0 Å². The summed E-state index contributed by atoms with van der Waals surface area (Å²) >= 11 is 1.75. The molecule has 0 saturated heterocycles. The van der Waals surface area contributed by atoms with Crippen LogP contribution in [-0.2, 0) is 16.0 Å². The minimum Gasteiger partial charge on any atom is -0.511 e. The van der Waals surface area contributed by atoms with E-state index in [0.717, 1.165) is 34.4 Å². The molecule has 0 fully saturated rings. The molecule has 4 heteroatoms. The van der Waals surface area contributed by atoms with Crippen LogP contribution in [0.3, 0.4) is 0 Å². The van der Waals surface area contributed by atoms with Gasteiger partial charge < -0.3 is 9.84 Å². The van der Waals surface area contributed by atoms with Gasteiger partial charge in [-0.15, -0.1) is 11.8 Å². The maximum absolute atomic E-state index is 12.9. The van der Waals surface area contributed by atoms with Crippen molar-refractivity contribution in [2.75, 3.05) is 5.75 Å². The second-order valence-electron chi connectivity index (χ2n) is 8.04. The van der Waals surface area contributed by atoms with Crippen molar-refractivity contribution in [3.8, 4) is 0 Å². The van der Waals surface area contributed by atoms with Crippen molar-refractivity contribution in [2.45, 2.75) is 58.5 Å². The molecule has 2 atom stereocenters. The summed E-state index contributed by atoms with van der Waals surface area (Å²) in [6.07, 6.45) is 0.863. The molecule has 0 amide bonds. The van der Waals surface area contributed by atoms with E-state index in [0.29, 0.717) is 12.0 Å². The van der Waals surface area contributed by atoms with Gasteiger partial charge in [-0.1, -0.05) is 49.2 Å². The number of hydrogen-bond acceptors (Lipinski definition) is 4. The number of aliphatic hydroxyl groups is 1. The fourth-order valence-electron chi connectivity index (χ4n) is 3.87. The summed E-state index contributed by atoms with van der Waals surface area (Å²) in [4.78, 5) is 14.1. The molecule has 2 aromatic carbocycles. The van der Waals surface area contributed by atoms with E-state index in [2.05, 4.69) is 57.2 Å². The molecule has 0 spiro atoms. The lowest BCUT2D eigenvalue weighted by Crippen LogP contribution is -2.32. The van der Waals surface area contributed by atoms with Gasteiger partial charge in [0, 0.05) is 23.0 Å². The summed E-state index contributed by atoms with van der Waals surface area (Å²) < 4.78 is 5.81. The van der Waals surface area contributed by atoms with Crippen LogP contribution >= 0.6 is 11.8 Å². The number of hydrogen-bond donors (Lipinski definition) is 1. The smallest absolute Gasteiger partial charge is 0.342 e. The summed E-state index contributed by atoms with van der Waals surface area (Å²) in [6.45, 7) is 10.3. The zero-order valence-electron chi connectivity index (χ0n) is 17.9. The highest BCUT2D eigenvalue weighted by molar-refractivity contribution is 7.99. The van der Waals surface area contributed by atoms with Crippen molar-refractivity contribution in [1.29, 1.82) is 0 Å². The molecule has 1 aliphatic rings. The second-order valence-corrected chi connectivity index (χ2v) is 9.13. The van der Waals surface area contributed by atoms with Crippen molar-refractivity contribution in [3.05, 3.63) is 70.0 Å². The summed E-state index contributed by atoms with van der Waals surface area (Å²) in [6, 6.07) is 12.6. The number of thioether (sulfide) groups is 1. The second kappa shape index (κ2) is 9.08. The monoisotopic (exact) mass is 410 g/mol. The highest BCUT2D eigenvalue weighted by atomic mass is 32.2. The van der Waals surface area contributed by atoms with Gasteiger partial charge in [0.1, 0.15) is 17.4 Å². The number of ether oxygens (including phenoxy) is 1. The maximum atomic E-state index is 12.9. The number of benzene rings is 2. The molecule has 3 nitrogen and oxygen atoms in total. The van der Waals surface area contributed by atoms with Gasteiger partial charge in [0.05, 0.1) is 0 Å². The largest absolute Gasteiger partial charge is 0.511 e. The van der Waals surface area contributed by atoms with E-state index < -0.39 is 5.97 Å². The van der Waals surface area contributed by atoms with E-state index >= 15 is 0 Å². The first kappa shape index (κ1) is 21.5. The Morgan fingerprint density at radius 1 is 1.14 bits per heavy atom. The van der Waals surface area contributed by atoms with Gasteiger partial charge in [-0.05, 0) is 56.0 Å². The highest BCUT2D eigenvalue weighted by Gasteiger charge is 2.34. The first-order chi connectivity index (χ1) is 13.8. The Balaban J connectivity index is 1.77. The number of rotatable bonds is 6. The van der Waals surface area contributed by atoms with Crippen LogP contribution in [0.15, 0.2) is 47.1 Å². The number of carbonyl (C=O) groups is 1. The van der Waals surface area contributed by atoms with Crippen LogP contribution in [0.5, 0.6) is 0 Å². The zero-order chi connectivity index (χ0) is 21.1. The molecule has 0 aromatic heterocycles. The Bertz CT molecular complexity index is 928. The van der Waals surface area contributed by atoms with Crippen LogP contribution in [0.25, 0.3) is 5.57 Å². The van der Waals surface area contributed by atoms with Gasteiger partial charge in [0.15, 0.2) is 0 Å². The molecular weight excluding hydrogens is 380 g/mol. The lowest BCUT2D eigenvalue weighted by Gasteiger charge is -2.30. The molecule has 0 radical (unpaired) electrons. The third kappa shape index (κ3) is 4.87. The van der Waals surface area contributed by atoms with Crippen molar-refractivity contribution >= 4 is 23.3 Å². The predicted octanol–water partition coefficient (Wildman–Crippen LogP) is 6.19. The Labute approximate surface area is 178 Å². The average molecular weight is 411 g/mol. The van der Waals surface area contributed by atoms with E-state index in [1.165, 1.54) is 10.5 Å². The topological polar surface area (TPSA) is 46.5 Å². The summed E-state index contributed by atoms with van der Waals surface area (Å²) in [5.41, 5.74) is 5.65. The van der Waals surface area contributed by atoms with Gasteiger partial charge >= 0.3 is 5.97 Å². The van der Waals surface area contributed by atoms with Crippen LogP contribution in [0.1, 0.15) is 48.1 Å². The molecule has 1 heterocycles. The minimum atomic E-state index is -0.410. The first-order valence-corrected chi connectivity index (χ1v) is 11.2. The summed E-state index contributed by atoms with van der Waals surface area (Å²) in [5, 5.41) is 10.8. The number of cyclic esters (lactones) is 1. The molecule has 29 heavy (non-hydrogen) atoms. The van der Waals surface area contributed by atoms with Crippen LogP contribution in [0.4, 0.5) is 0 Å². The number of esters is 1. The molecule has 1 aliphatic heterocycles. The van der Waals surface area contributed by atoms with Gasteiger partial charge in [-0.2, -0.15) is 0 Å². The van der Waals surface area contributed by atoms with Crippen molar-refractivity contribution in [3.63, 3.8) is 0 Å². The Morgan fingerprint density at radius 2 is 1.83 bits per heavy atom. The Hall–Kier alpha value is -2.20. The van der Waals surface area contributed by atoms with E-state index in [-0.39, 0.29) is 17.8 Å². The normalized spacial score (nSPS) is 18.0. The summed E-state index contributed by atoms with van der Waals surface area (Å²) in [5.74, 6) is 0.708. The maximum Gasteiger partial charge on any atom is 0.342 e. The predicted molar refractivity (Wildman–Crippen MR) is 120 cm³/mol. The molecule has 0 bridgehead atoms. The molecule has 3 rings (SSSR count). The fourth-order valence-corrected chi connectivity index (χ4v) is 4.87. The third-order valence-electron chi connectivity index (χ3n) is 5.51. The average Bonchev–Trinajstić information content (AvgIpc) is 2.67. The van der Waals surface area contributed by atoms with Crippen LogP contribution in [0, 0.1) is 26.7 Å². The van der Waals surface area contributed by atoms with Gasteiger partial charge in [-0.25, -0.2) is 4.79 Å². The molecule has 2 aromatic rings. The summed E-state index contributed by atoms with van der Waals surface area (Å²) in [7, 11) is 0. The molecular formula is C25H30O3S. The van der Waals surface area contributed by atoms with Crippen LogP contribution in [0.2, 0.25) is 0 Å². The minimum absolute atomic E-state index is 0.138. The quantitative estimate of drug-likeness (QED) is 0.456. The number of aryl methyl sites for hydroxylation is 4. The van der Waals surface area contributed by atoms with Crippen molar-refractivity contribution < 1.29 is 14.6 Å². The van der Waals surface area contributed by atoms with E-state index in [1.54, 1.807) is 11.8 Å². The molecule has 1 N–H and O–H groups in total. The highest BCUT2D eigenvalue weighted by Crippen LogP contribution is 2.36. The van der Waals surface area contributed by atoms with E-state index in [1.807, 2.05) is 13.8 Å². The van der Waals surface area contributed by atoms with Crippen LogP contribution < -0.4 is 0 Å². The Morgan fingerprint density at radius 3 is 2.45 bits per heavy atom. The van der Waals surface area contributed by atoms with Crippen molar-refractivity contribution in [1.82, 2.24) is 0 Å². The van der Waals surface area contributed by atoms with Crippen LogP contribution in [-0.4, -0.2) is 22.9 Å². The SMILES string of the molecule is CCc1cc(C)cc(C)c1C1=C(O)CC(C(C)CSc2ccc(C)cc2)OC1=O. The first-order valence-electron chi connectivity index (χ1n) is 10.2. The van der Waals surface area contributed by atoms with E-state index in [9.17, 15) is 9.90 Å². The van der Waals surface area contributed by atoms with Gasteiger partial charge in [-0.3, -0.25) is 0 Å². The number of carbonyl (C=O) groups excluding carboxylic acids is 1. The lowest BCUT2D eigenvalue weighted by atomic mass is 9.88. The zero-order valence-corrected chi connectivity index (χ0v) is 18.7. The molecule has 2 unspecified atom stereocenters. The third-order valence-corrected chi connectivity index (χ3v) is 6.80. The Kier molecular flexibility index (Phi) is 6.74. The van der Waals surface area contributed by atoms with E-state index in [4.69, 9.17) is 4.74 Å².